The minimum absolute atomic E-state index is 0.198. The lowest BCUT2D eigenvalue weighted by molar-refractivity contribution is -0.0887. The summed E-state index contributed by atoms with van der Waals surface area (Å²) in [5.74, 6) is 1.01. The summed E-state index contributed by atoms with van der Waals surface area (Å²) in [6, 6.07) is 0. The largest absolute Gasteiger partial charge is 0.390 e. The molecule has 0 aromatic carbocycles. The molecular formula is C14H27NO2. The zero-order valence-electron chi connectivity index (χ0n) is 10.8. The second kappa shape index (κ2) is 5.68. The fraction of sp³-hybridized carbons (Fsp3) is 1.00. The lowest BCUT2D eigenvalue weighted by atomic mass is 9.82. The summed E-state index contributed by atoms with van der Waals surface area (Å²) in [5, 5.41) is 20.6. The van der Waals surface area contributed by atoms with Crippen LogP contribution in [0.5, 0.6) is 0 Å². The number of nitrogens with two attached hydrogens (primary N) is 1. The Labute approximate surface area is 104 Å². The quantitative estimate of drug-likeness (QED) is 0.664. The van der Waals surface area contributed by atoms with Crippen LogP contribution in [0.4, 0.5) is 0 Å². The Bertz CT molecular complexity index is 236. The lowest BCUT2D eigenvalue weighted by Crippen LogP contribution is -2.50. The van der Waals surface area contributed by atoms with Gasteiger partial charge in [-0.25, -0.2) is 0 Å². The topological polar surface area (TPSA) is 66.5 Å². The van der Waals surface area contributed by atoms with Crippen LogP contribution in [0.25, 0.3) is 0 Å². The van der Waals surface area contributed by atoms with E-state index in [-0.39, 0.29) is 12.5 Å². The predicted molar refractivity (Wildman–Crippen MR) is 68.5 cm³/mol. The summed E-state index contributed by atoms with van der Waals surface area (Å²) in [5.41, 5.74) is 4.64. The molecule has 2 unspecified atom stereocenters. The van der Waals surface area contributed by atoms with Crippen molar-refractivity contribution >= 4 is 0 Å². The first kappa shape index (κ1) is 13.3. The highest BCUT2D eigenvalue weighted by molar-refractivity contribution is 5.00. The first-order valence-electron chi connectivity index (χ1n) is 7.27. The van der Waals surface area contributed by atoms with Crippen LogP contribution in [-0.4, -0.2) is 28.5 Å². The van der Waals surface area contributed by atoms with Gasteiger partial charge in [0.2, 0.25) is 0 Å². The number of hydrogen-bond donors (Lipinski definition) is 3. The van der Waals surface area contributed by atoms with Gasteiger partial charge in [-0.3, -0.25) is 0 Å². The van der Waals surface area contributed by atoms with E-state index in [1.165, 1.54) is 32.1 Å². The van der Waals surface area contributed by atoms with E-state index in [0.717, 1.165) is 31.6 Å². The molecule has 2 rings (SSSR count). The lowest BCUT2D eigenvalue weighted by Gasteiger charge is -2.33. The fourth-order valence-corrected chi connectivity index (χ4v) is 3.28. The third-order valence-electron chi connectivity index (χ3n) is 4.76. The average Bonchev–Trinajstić information content (AvgIpc) is 3.20. The highest BCUT2D eigenvalue weighted by atomic mass is 16.3. The smallest absolute Gasteiger partial charge is 0.105 e. The molecule has 2 fully saturated rings. The zero-order chi connectivity index (χ0) is 12.3. The van der Waals surface area contributed by atoms with Crippen LogP contribution >= 0.6 is 0 Å². The molecule has 0 bridgehead atoms. The molecule has 0 spiro atoms. The standard InChI is InChI=1S/C14H27NO2/c15-10-14(17,12-7-8-12)13(16)9-6-11-4-2-1-3-5-11/h11-13,16-17H,1-10,15H2. The number of aliphatic hydroxyl groups is 2. The van der Waals surface area contributed by atoms with Gasteiger partial charge in [-0.15, -0.1) is 0 Å². The average molecular weight is 241 g/mol. The Morgan fingerprint density at radius 2 is 1.76 bits per heavy atom. The van der Waals surface area contributed by atoms with Crippen molar-refractivity contribution in [3.05, 3.63) is 0 Å². The van der Waals surface area contributed by atoms with Crippen molar-refractivity contribution in [1.82, 2.24) is 0 Å². The summed E-state index contributed by atoms with van der Waals surface area (Å²) >= 11 is 0. The van der Waals surface area contributed by atoms with Crippen molar-refractivity contribution in [2.75, 3.05) is 6.54 Å². The first-order valence-corrected chi connectivity index (χ1v) is 7.27. The molecule has 100 valence electrons. The highest BCUT2D eigenvalue weighted by Crippen LogP contribution is 2.42. The molecule has 0 saturated heterocycles. The van der Waals surface area contributed by atoms with E-state index < -0.39 is 11.7 Å². The molecule has 0 aromatic heterocycles. The van der Waals surface area contributed by atoms with Gasteiger partial charge in [-0.1, -0.05) is 32.1 Å². The maximum Gasteiger partial charge on any atom is 0.105 e. The maximum absolute atomic E-state index is 10.4. The minimum Gasteiger partial charge on any atom is -0.390 e. The van der Waals surface area contributed by atoms with Gasteiger partial charge in [0.05, 0.1) is 6.10 Å². The molecule has 4 N–H and O–H groups in total. The van der Waals surface area contributed by atoms with E-state index in [1.54, 1.807) is 0 Å². The summed E-state index contributed by atoms with van der Waals surface area (Å²) in [6.07, 6.45) is 9.84. The van der Waals surface area contributed by atoms with E-state index in [4.69, 9.17) is 5.73 Å². The molecule has 0 aliphatic heterocycles. The van der Waals surface area contributed by atoms with Gasteiger partial charge in [-0.05, 0) is 37.5 Å². The third kappa shape index (κ3) is 3.21. The van der Waals surface area contributed by atoms with Gasteiger partial charge in [0.25, 0.3) is 0 Å². The molecule has 0 heterocycles. The van der Waals surface area contributed by atoms with Gasteiger partial charge in [0, 0.05) is 6.54 Å². The van der Waals surface area contributed by atoms with Crippen molar-refractivity contribution in [2.24, 2.45) is 17.6 Å². The Morgan fingerprint density at radius 1 is 1.12 bits per heavy atom. The van der Waals surface area contributed by atoms with E-state index in [0.29, 0.717) is 0 Å². The molecule has 17 heavy (non-hydrogen) atoms. The van der Waals surface area contributed by atoms with Crippen LogP contribution in [0.15, 0.2) is 0 Å². The van der Waals surface area contributed by atoms with E-state index in [2.05, 4.69) is 0 Å². The molecule has 3 heteroatoms. The number of aliphatic hydroxyl groups excluding tert-OH is 1. The summed E-state index contributed by atoms with van der Waals surface area (Å²) in [6.45, 7) is 0.198. The van der Waals surface area contributed by atoms with Crippen molar-refractivity contribution in [2.45, 2.75) is 69.5 Å². The van der Waals surface area contributed by atoms with Crippen LogP contribution in [0, 0.1) is 11.8 Å². The summed E-state index contributed by atoms with van der Waals surface area (Å²) in [7, 11) is 0. The Morgan fingerprint density at radius 3 is 2.29 bits per heavy atom. The van der Waals surface area contributed by atoms with Crippen LogP contribution in [0.2, 0.25) is 0 Å². The third-order valence-corrected chi connectivity index (χ3v) is 4.76. The second-order valence-corrected chi connectivity index (χ2v) is 6.07. The Kier molecular flexibility index (Phi) is 4.45. The van der Waals surface area contributed by atoms with Crippen molar-refractivity contribution < 1.29 is 10.2 Å². The molecule has 0 radical (unpaired) electrons. The summed E-state index contributed by atoms with van der Waals surface area (Å²) < 4.78 is 0. The molecular weight excluding hydrogens is 214 g/mol. The summed E-state index contributed by atoms with van der Waals surface area (Å²) in [4.78, 5) is 0. The molecule has 2 atom stereocenters. The first-order chi connectivity index (χ1) is 8.16. The second-order valence-electron chi connectivity index (χ2n) is 6.07. The molecule has 2 saturated carbocycles. The molecule has 2 aliphatic carbocycles. The number of hydrogen-bond acceptors (Lipinski definition) is 3. The molecule has 2 aliphatic rings. The van der Waals surface area contributed by atoms with E-state index >= 15 is 0 Å². The van der Waals surface area contributed by atoms with Gasteiger partial charge < -0.3 is 15.9 Å². The molecule has 0 aromatic rings. The highest BCUT2D eigenvalue weighted by Gasteiger charge is 2.47. The normalized spacial score (nSPS) is 27.7. The SMILES string of the molecule is NCC(O)(C(O)CCC1CCCCC1)C1CC1. The van der Waals surface area contributed by atoms with E-state index in [9.17, 15) is 10.2 Å². The van der Waals surface area contributed by atoms with Crippen LogP contribution in [0.1, 0.15) is 57.8 Å². The van der Waals surface area contributed by atoms with Crippen molar-refractivity contribution in [3.63, 3.8) is 0 Å². The zero-order valence-corrected chi connectivity index (χ0v) is 10.8. The van der Waals surface area contributed by atoms with Gasteiger partial charge >= 0.3 is 0 Å². The molecule has 3 nitrogen and oxygen atoms in total. The van der Waals surface area contributed by atoms with Gasteiger partial charge in [-0.2, -0.15) is 0 Å². The Hall–Kier alpha value is -0.120. The van der Waals surface area contributed by atoms with Crippen molar-refractivity contribution in [3.8, 4) is 0 Å². The monoisotopic (exact) mass is 241 g/mol. The van der Waals surface area contributed by atoms with Gasteiger partial charge in [0.1, 0.15) is 5.60 Å². The van der Waals surface area contributed by atoms with Crippen molar-refractivity contribution in [1.29, 1.82) is 0 Å². The van der Waals surface area contributed by atoms with Gasteiger partial charge in [0.15, 0.2) is 0 Å². The Balaban J connectivity index is 1.76. The van der Waals surface area contributed by atoms with Crippen LogP contribution in [-0.2, 0) is 0 Å². The predicted octanol–water partition coefficient (Wildman–Crippen LogP) is 1.81. The van der Waals surface area contributed by atoms with E-state index in [1.807, 2.05) is 0 Å². The fourth-order valence-electron chi connectivity index (χ4n) is 3.28. The minimum atomic E-state index is -1.01. The van der Waals surface area contributed by atoms with Crippen LogP contribution in [0.3, 0.4) is 0 Å². The van der Waals surface area contributed by atoms with Crippen LogP contribution < -0.4 is 5.73 Å². The number of rotatable bonds is 6. The maximum atomic E-state index is 10.4. The molecule has 0 amide bonds.